The van der Waals surface area contributed by atoms with Gasteiger partial charge in [0.1, 0.15) is 10.9 Å². The minimum atomic E-state index is -4.02. The Balaban J connectivity index is 2.90. The van der Waals surface area contributed by atoms with Crippen LogP contribution >= 0.6 is 43.2 Å². The van der Waals surface area contributed by atoms with Gasteiger partial charge in [0.2, 0.25) is 10.0 Å². The number of hydrogen-bond donors (Lipinski definition) is 2. The molecule has 0 aromatic carbocycles. The van der Waals surface area contributed by atoms with E-state index in [-0.39, 0.29) is 17.7 Å². The largest absolute Gasteiger partial charge is 0.480 e. The molecule has 21 heavy (non-hydrogen) atoms. The topological polar surface area (TPSA) is 110 Å². The second kappa shape index (κ2) is 7.68. The molecule has 11 heteroatoms. The lowest BCUT2D eigenvalue weighted by molar-refractivity contribution is -0.142. The molecule has 1 atom stereocenters. The zero-order valence-corrected chi connectivity index (χ0v) is 15.4. The lowest BCUT2D eigenvalue weighted by Gasteiger charge is -2.13. The molecule has 1 unspecified atom stereocenters. The molecule has 0 aliphatic carbocycles. The average molecular weight is 465 g/mol. The summed E-state index contributed by atoms with van der Waals surface area (Å²) < 4.78 is 31.7. The molecule has 0 bridgehead atoms. The molecule has 0 radical (unpaired) electrons. The number of ether oxygens (including phenoxy) is 1. The highest BCUT2D eigenvalue weighted by molar-refractivity contribution is 9.12. The predicted octanol–water partition coefficient (Wildman–Crippen LogP) is 1.96. The van der Waals surface area contributed by atoms with Gasteiger partial charge in [-0.05, 0) is 44.3 Å². The van der Waals surface area contributed by atoms with Crippen LogP contribution in [0.3, 0.4) is 0 Å². The molecule has 1 heterocycles. The molecular formula is C10H11Br2NO6S2. The average Bonchev–Trinajstić information content (AvgIpc) is 2.73. The summed E-state index contributed by atoms with van der Waals surface area (Å²) in [6.45, 7) is 0. The van der Waals surface area contributed by atoms with E-state index in [1.807, 2.05) is 0 Å². The zero-order valence-electron chi connectivity index (χ0n) is 10.6. The molecule has 2 N–H and O–H groups in total. The number of sulfonamides is 1. The number of methoxy groups -OCH3 is 1. The third-order valence-electron chi connectivity index (χ3n) is 2.38. The third kappa shape index (κ3) is 5.33. The zero-order chi connectivity index (χ0) is 16.2. The number of carboxylic acid groups (broad SMARTS) is 1. The van der Waals surface area contributed by atoms with Crippen LogP contribution in [-0.4, -0.2) is 38.6 Å². The normalized spacial score (nSPS) is 12.9. The lowest BCUT2D eigenvalue weighted by Crippen LogP contribution is -2.41. The van der Waals surface area contributed by atoms with Crippen molar-refractivity contribution >= 4 is 65.2 Å². The van der Waals surface area contributed by atoms with Crippen molar-refractivity contribution in [1.29, 1.82) is 0 Å². The maximum atomic E-state index is 12.2. The molecule has 0 aliphatic heterocycles. The van der Waals surface area contributed by atoms with Crippen LogP contribution in [0.2, 0.25) is 0 Å². The van der Waals surface area contributed by atoms with E-state index in [9.17, 15) is 18.0 Å². The molecule has 1 aromatic heterocycles. The second-order valence-corrected chi connectivity index (χ2v) is 9.25. The van der Waals surface area contributed by atoms with E-state index in [0.29, 0.717) is 7.57 Å². The van der Waals surface area contributed by atoms with Crippen LogP contribution < -0.4 is 4.72 Å². The summed E-state index contributed by atoms with van der Waals surface area (Å²) in [6.07, 6.45) is -0.408. The maximum Gasteiger partial charge on any atom is 0.321 e. The van der Waals surface area contributed by atoms with Gasteiger partial charge in [-0.3, -0.25) is 9.59 Å². The van der Waals surface area contributed by atoms with Crippen LogP contribution in [0, 0.1) is 0 Å². The van der Waals surface area contributed by atoms with Gasteiger partial charge in [-0.15, -0.1) is 11.3 Å². The van der Waals surface area contributed by atoms with Gasteiger partial charge in [0.05, 0.1) is 14.7 Å². The Morgan fingerprint density at radius 3 is 2.52 bits per heavy atom. The summed E-state index contributed by atoms with van der Waals surface area (Å²) >= 11 is 7.40. The fourth-order valence-electron chi connectivity index (χ4n) is 1.36. The summed E-state index contributed by atoms with van der Waals surface area (Å²) in [5, 5.41) is 9.05. The van der Waals surface area contributed by atoms with Crippen LogP contribution in [0.1, 0.15) is 12.8 Å². The van der Waals surface area contributed by atoms with E-state index in [2.05, 4.69) is 41.3 Å². The lowest BCUT2D eigenvalue weighted by atomic mass is 10.2. The smallest absolute Gasteiger partial charge is 0.321 e. The maximum absolute atomic E-state index is 12.2. The van der Waals surface area contributed by atoms with Crippen molar-refractivity contribution < 1.29 is 27.9 Å². The van der Waals surface area contributed by atoms with Crippen molar-refractivity contribution in [3.63, 3.8) is 0 Å². The monoisotopic (exact) mass is 463 g/mol. The molecule has 0 amide bonds. The number of esters is 1. The predicted molar refractivity (Wildman–Crippen MR) is 82.7 cm³/mol. The van der Waals surface area contributed by atoms with Gasteiger partial charge in [0.25, 0.3) is 0 Å². The Hall–Kier alpha value is -0.490. The molecular weight excluding hydrogens is 454 g/mol. The number of halogens is 2. The quantitative estimate of drug-likeness (QED) is 0.597. The van der Waals surface area contributed by atoms with Crippen molar-refractivity contribution in [2.45, 2.75) is 23.8 Å². The van der Waals surface area contributed by atoms with Gasteiger partial charge in [-0.25, -0.2) is 8.42 Å². The summed E-state index contributed by atoms with van der Waals surface area (Å²) in [7, 11) is -2.85. The summed E-state index contributed by atoms with van der Waals surface area (Å²) in [5.74, 6) is -1.98. The Morgan fingerprint density at radius 1 is 1.48 bits per heavy atom. The molecule has 7 nitrogen and oxygen atoms in total. The van der Waals surface area contributed by atoms with Gasteiger partial charge in [-0.2, -0.15) is 4.72 Å². The Kier molecular flexibility index (Phi) is 6.78. The third-order valence-corrected chi connectivity index (χ3v) is 6.60. The Bertz CT molecular complexity index is 642. The van der Waals surface area contributed by atoms with Crippen molar-refractivity contribution in [2.75, 3.05) is 7.11 Å². The first-order valence-corrected chi connectivity index (χ1v) is 9.32. The number of carboxylic acids is 1. The molecule has 0 saturated carbocycles. The SMILES string of the molecule is COC(=O)CCC(NS(=O)(=O)c1cc(Br)sc1Br)C(=O)O. The molecule has 1 aromatic rings. The Labute approximate surface area is 142 Å². The van der Waals surface area contributed by atoms with Crippen LogP contribution in [-0.2, 0) is 24.3 Å². The summed E-state index contributed by atoms with van der Waals surface area (Å²) in [4.78, 5) is 22.1. The van der Waals surface area contributed by atoms with Gasteiger partial charge >= 0.3 is 11.9 Å². The highest BCUT2D eigenvalue weighted by atomic mass is 79.9. The molecule has 0 aliphatic rings. The molecule has 0 saturated heterocycles. The fraction of sp³-hybridized carbons (Fsp3) is 0.400. The van der Waals surface area contributed by atoms with Crippen LogP contribution in [0.15, 0.2) is 18.5 Å². The molecule has 0 fully saturated rings. The van der Waals surface area contributed by atoms with Gasteiger partial charge in [0, 0.05) is 6.42 Å². The molecule has 118 valence electrons. The molecule has 1 rings (SSSR count). The number of rotatable bonds is 7. The number of hydrogen-bond acceptors (Lipinski definition) is 6. The van der Waals surface area contributed by atoms with Crippen LogP contribution in [0.4, 0.5) is 0 Å². The highest BCUT2D eigenvalue weighted by Gasteiger charge is 2.28. The van der Waals surface area contributed by atoms with Crippen molar-refractivity contribution in [1.82, 2.24) is 4.72 Å². The Morgan fingerprint density at radius 2 is 2.10 bits per heavy atom. The van der Waals surface area contributed by atoms with E-state index in [1.165, 1.54) is 13.2 Å². The van der Waals surface area contributed by atoms with Crippen molar-refractivity contribution in [2.24, 2.45) is 0 Å². The number of thiophene rings is 1. The number of carbonyl (C=O) groups excluding carboxylic acids is 1. The van der Waals surface area contributed by atoms with Gasteiger partial charge < -0.3 is 9.84 Å². The second-order valence-electron chi connectivity index (χ2n) is 3.82. The first-order chi connectivity index (χ1) is 9.67. The first-order valence-electron chi connectivity index (χ1n) is 5.44. The van der Waals surface area contributed by atoms with E-state index in [1.54, 1.807) is 0 Å². The minimum Gasteiger partial charge on any atom is -0.480 e. The number of carbonyl (C=O) groups is 2. The minimum absolute atomic E-state index is 0.0660. The van der Waals surface area contributed by atoms with E-state index in [4.69, 9.17) is 5.11 Å². The number of aliphatic carboxylic acids is 1. The van der Waals surface area contributed by atoms with Crippen molar-refractivity contribution in [3.05, 3.63) is 13.6 Å². The summed E-state index contributed by atoms with van der Waals surface area (Å²) in [5.41, 5.74) is 0. The number of nitrogens with one attached hydrogen (secondary N) is 1. The van der Waals surface area contributed by atoms with E-state index < -0.39 is 28.0 Å². The van der Waals surface area contributed by atoms with E-state index in [0.717, 1.165) is 11.3 Å². The highest BCUT2D eigenvalue weighted by Crippen LogP contribution is 2.34. The van der Waals surface area contributed by atoms with Crippen LogP contribution in [0.5, 0.6) is 0 Å². The standard InChI is InChI=1S/C10H11Br2NO6S2/c1-19-8(14)3-2-5(10(15)16)13-21(17,18)6-4-7(11)20-9(6)12/h4-5,13H,2-3H2,1H3,(H,15,16). The fourth-order valence-corrected chi connectivity index (χ4v) is 6.39. The van der Waals surface area contributed by atoms with Gasteiger partial charge in [0.15, 0.2) is 0 Å². The van der Waals surface area contributed by atoms with E-state index >= 15 is 0 Å². The molecule has 0 spiro atoms. The van der Waals surface area contributed by atoms with Gasteiger partial charge in [-0.1, -0.05) is 0 Å². The van der Waals surface area contributed by atoms with Crippen molar-refractivity contribution in [3.8, 4) is 0 Å². The first kappa shape index (κ1) is 18.6. The van der Waals surface area contributed by atoms with Crippen LogP contribution in [0.25, 0.3) is 0 Å². The summed E-state index contributed by atoms with van der Waals surface area (Å²) in [6, 6.07) is -0.0595.